The van der Waals surface area contributed by atoms with Crippen molar-refractivity contribution in [1.82, 2.24) is 0 Å². The van der Waals surface area contributed by atoms with E-state index in [4.69, 9.17) is 23.7 Å². The van der Waals surface area contributed by atoms with Crippen LogP contribution in [0, 0.1) is 0 Å². The molecule has 1 fully saturated rings. The van der Waals surface area contributed by atoms with Crippen molar-refractivity contribution in [3.63, 3.8) is 0 Å². The molecule has 1 aliphatic heterocycles. The highest BCUT2D eigenvalue weighted by atomic mass is 16.7. The lowest BCUT2D eigenvalue weighted by atomic mass is 9.98. The van der Waals surface area contributed by atoms with Gasteiger partial charge in [0.05, 0.1) is 6.61 Å². The van der Waals surface area contributed by atoms with E-state index in [1.807, 2.05) is 0 Å². The van der Waals surface area contributed by atoms with Crippen molar-refractivity contribution in [1.29, 1.82) is 0 Å². The second-order valence-corrected chi connectivity index (χ2v) is 22.0. The Morgan fingerprint density at radius 2 is 0.797 bits per heavy atom. The molecule has 0 radical (unpaired) electrons. The van der Waals surface area contributed by atoms with Crippen molar-refractivity contribution in [3.8, 4) is 0 Å². The van der Waals surface area contributed by atoms with Crippen molar-refractivity contribution in [2.45, 2.75) is 327 Å². The molecule has 1 heterocycles. The minimum atomic E-state index is -1.91. The molecule has 6 unspecified atom stereocenters. The summed E-state index contributed by atoms with van der Waals surface area (Å²) in [5.41, 5.74) is 0. The average Bonchev–Trinajstić information content (AvgIpc) is 3.46. The monoisotopic (exact) mass is 1110 g/mol. The van der Waals surface area contributed by atoms with Crippen LogP contribution in [0.4, 0.5) is 0 Å². The number of esters is 3. The van der Waals surface area contributed by atoms with E-state index < -0.39 is 67.3 Å². The number of carbonyl (C=O) groups excluding carboxylic acids is 3. The molecule has 0 aliphatic carbocycles. The summed E-state index contributed by atoms with van der Waals surface area (Å²) >= 11 is 0. The molecule has 456 valence electrons. The van der Waals surface area contributed by atoms with Crippen molar-refractivity contribution in [2.75, 3.05) is 13.2 Å². The predicted octanol–water partition coefficient (Wildman–Crippen LogP) is 17.1. The summed E-state index contributed by atoms with van der Waals surface area (Å²) in [7, 11) is 0. The van der Waals surface area contributed by atoms with Gasteiger partial charge in [0.15, 0.2) is 24.6 Å². The molecule has 0 saturated carbocycles. The number of carboxylic acids is 1. The third kappa shape index (κ3) is 44.7. The minimum Gasteiger partial charge on any atom is -0.479 e. The molecule has 12 heteroatoms. The number of aliphatic carboxylic acids is 1. The number of carbonyl (C=O) groups is 4. The molecule has 0 aromatic heterocycles. The van der Waals surface area contributed by atoms with Gasteiger partial charge in [-0.3, -0.25) is 14.4 Å². The summed E-state index contributed by atoms with van der Waals surface area (Å²) in [6, 6.07) is 0. The number of hydrogen-bond acceptors (Lipinski definition) is 11. The maximum Gasteiger partial charge on any atom is 0.335 e. The Hall–Kier alpha value is -3.58. The van der Waals surface area contributed by atoms with Crippen LogP contribution in [-0.2, 0) is 42.9 Å². The van der Waals surface area contributed by atoms with Crippen LogP contribution < -0.4 is 0 Å². The van der Waals surface area contributed by atoms with Gasteiger partial charge in [0.25, 0.3) is 0 Å². The molecule has 79 heavy (non-hydrogen) atoms. The van der Waals surface area contributed by atoms with Crippen molar-refractivity contribution < 1.29 is 58.2 Å². The molecule has 0 amide bonds. The van der Waals surface area contributed by atoms with E-state index in [0.717, 1.165) is 89.9 Å². The van der Waals surface area contributed by atoms with E-state index in [9.17, 15) is 34.5 Å². The second-order valence-electron chi connectivity index (χ2n) is 22.0. The highest BCUT2D eigenvalue weighted by molar-refractivity contribution is 5.74. The fourth-order valence-electron chi connectivity index (χ4n) is 9.65. The molecule has 1 aliphatic rings. The number of hydrogen-bond donors (Lipinski definition) is 3. The number of aliphatic hydroxyl groups is 2. The molecule has 1 rings (SSSR count). The number of unbranched alkanes of at least 4 members (excludes halogenated alkanes) is 31. The van der Waals surface area contributed by atoms with E-state index in [-0.39, 0.29) is 25.9 Å². The average molecular weight is 1110 g/mol. The van der Waals surface area contributed by atoms with Gasteiger partial charge in [-0.05, 0) is 83.5 Å². The van der Waals surface area contributed by atoms with Crippen molar-refractivity contribution in [2.24, 2.45) is 0 Å². The molecule has 0 bridgehead atoms. The van der Waals surface area contributed by atoms with Gasteiger partial charge < -0.3 is 39.0 Å². The highest BCUT2D eigenvalue weighted by Crippen LogP contribution is 2.27. The first-order valence-electron chi connectivity index (χ1n) is 32.3. The van der Waals surface area contributed by atoms with E-state index in [1.165, 1.54) is 141 Å². The first kappa shape index (κ1) is 73.4. The highest BCUT2D eigenvalue weighted by Gasteiger charge is 2.50. The zero-order valence-electron chi connectivity index (χ0n) is 50.4. The topological polar surface area (TPSA) is 175 Å². The second kappa shape index (κ2) is 55.0. The van der Waals surface area contributed by atoms with Crippen LogP contribution in [0.3, 0.4) is 0 Å². The first-order valence-corrected chi connectivity index (χ1v) is 32.3. The van der Waals surface area contributed by atoms with E-state index in [2.05, 4.69) is 81.5 Å². The fourth-order valence-corrected chi connectivity index (χ4v) is 9.65. The molecule has 12 nitrogen and oxygen atoms in total. The number of ether oxygens (including phenoxy) is 5. The molecule has 0 spiro atoms. The number of rotatable bonds is 55. The van der Waals surface area contributed by atoms with Crippen LogP contribution in [0.15, 0.2) is 60.8 Å². The van der Waals surface area contributed by atoms with Gasteiger partial charge in [-0.15, -0.1) is 0 Å². The summed E-state index contributed by atoms with van der Waals surface area (Å²) in [5.74, 6) is -3.16. The zero-order chi connectivity index (χ0) is 57.5. The Labute approximate surface area is 481 Å². The molecular formula is C67H116O12. The number of allylic oxidation sites excluding steroid dienone is 10. The maximum absolute atomic E-state index is 13.2. The Balaban J connectivity index is 2.68. The largest absolute Gasteiger partial charge is 0.479 e. The minimum absolute atomic E-state index is 0.0583. The SMILES string of the molecule is CC/C=C\C/C=C\C/C=C\C/C=C\CCCCC(=O)OC(COC(=O)CCCCCCCCC/C=C\CCCCCCCC)COC1OC(C(=O)O)C(O)C(O)C1OC(=O)CCCCCCCCCCCCCCCCCCC. The summed E-state index contributed by atoms with van der Waals surface area (Å²) in [6.45, 7) is 5.87. The molecular weight excluding hydrogens is 997 g/mol. The molecule has 1 saturated heterocycles. The van der Waals surface area contributed by atoms with Gasteiger partial charge in [-0.2, -0.15) is 0 Å². The summed E-state index contributed by atoms with van der Waals surface area (Å²) in [5, 5.41) is 31.6. The smallest absolute Gasteiger partial charge is 0.335 e. The van der Waals surface area contributed by atoms with Crippen LogP contribution >= 0.6 is 0 Å². The lowest BCUT2D eigenvalue weighted by Gasteiger charge is -2.40. The predicted molar refractivity (Wildman–Crippen MR) is 322 cm³/mol. The standard InChI is InChI=1S/C67H116O12/c1-4-7-10-13-16-19-22-25-28-30-33-35-38-41-44-47-50-53-59(68)75-56-58(77-60(69)54-51-48-45-42-39-36-32-27-24-21-18-15-12-9-6-3)57-76-67-65(63(72)62(71)64(79-67)66(73)74)78-61(70)55-52-49-46-43-40-37-34-31-29-26-23-20-17-14-11-8-5-2/h9,12,18,21,25,27-28,32,39,42,58,62-65,67,71-72H,4-8,10-11,13-17,19-20,22-24,26,29-31,33-38,40-41,43-57H2,1-3H3,(H,73,74)/b12-9-,21-18-,28-25-,32-27-,42-39-. The van der Waals surface area contributed by atoms with Crippen LogP contribution in [-0.4, -0.2) is 89.2 Å². The van der Waals surface area contributed by atoms with Gasteiger partial charge in [-0.1, -0.05) is 248 Å². The summed E-state index contributed by atoms with van der Waals surface area (Å²) in [4.78, 5) is 51.3. The molecule has 0 aromatic carbocycles. The summed E-state index contributed by atoms with van der Waals surface area (Å²) in [6.07, 6.45) is 56.1. The van der Waals surface area contributed by atoms with Gasteiger partial charge in [0, 0.05) is 19.3 Å². The molecule has 0 aromatic rings. The summed E-state index contributed by atoms with van der Waals surface area (Å²) < 4.78 is 28.5. The molecule has 3 N–H and O–H groups in total. The van der Waals surface area contributed by atoms with Gasteiger partial charge in [0.2, 0.25) is 0 Å². The van der Waals surface area contributed by atoms with Crippen molar-refractivity contribution in [3.05, 3.63) is 60.8 Å². The first-order chi connectivity index (χ1) is 38.6. The Kier molecular flexibility index (Phi) is 51.1. The van der Waals surface area contributed by atoms with Crippen LogP contribution in [0.1, 0.15) is 290 Å². The Morgan fingerprint density at radius 3 is 1.25 bits per heavy atom. The van der Waals surface area contributed by atoms with Gasteiger partial charge >= 0.3 is 23.9 Å². The lowest BCUT2D eigenvalue weighted by molar-refractivity contribution is -0.301. The van der Waals surface area contributed by atoms with E-state index >= 15 is 0 Å². The van der Waals surface area contributed by atoms with Crippen LogP contribution in [0.5, 0.6) is 0 Å². The maximum atomic E-state index is 13.2. The van der Waals surface area contributed by atoms with Crippen molar-refractivity contribution >= 4 is 23.9 Å². The normalized spacial score (nSPS) is 18.2. The lowest BCUT2D eigenvalue weighted by Crippen LogP contribution is -2.61. The number of aliphatic hydroxyl groups excluding tert-OH is 2. The number of carboxylic acid groups (broad SMARTS) is 1. The molecule has 6 atom stereocenters. The Morgan fingerprint density at radius 1 is 0.430 bits per heavy atom. The Bertz CT molecular complexity index is 1600. The third-order valence-electron chi connectivity index (χ3n) is 14.6. The van der Waals surface area contributed by atoms with Gasteiger partial charge in [0.1, 0.15) is 18.8 Å². The van der Waals surface area contributed by atoms with Crippen LogP contribution in [0.25, 0.3) is 0 Å². The van der Waals surface area contributed by atoms with Crippen LogP contribution in [0.2, 0.25) is 0 Å². The zero-order valence-corrected chi connectivity index (χ0v) is 50.4. The quantitative estimate of drug-likeness (QED) is 0.0228. The van der Waals surface area contributed by atoms with Gasteiger partial charge in [-0.25, -0.2) is 4.79 Å². The van der Waals surface area contributed by atoms with E-state index in [0.29, 0.717) is 19.3 Å². The van der Waals surface area contributed by atoms with E-state index in [1.54, 1.807) is 0 Å². The third-order valence-corrected chi connectivity index (χ3v) is 14.6. The fraction of sp³-hybridized carbons (Fsp3) is 0.791.